The molecule has 1 aromatic rings. The van der Waals surface area contributed by atoms with E-state index in [0.29, 0.717) is 0 Å². The van der Waals surface area contributed by atoms with E-state index in [-0.39, 0.29) is 0 Å². The Morgan fingerprint density at radius 3 is 2.82 bits per heavy atom. The molecule has 0 saturated carbocycles. The van der Waals surface area contributed by atoms with Gasteiger partial charge in [-0.1, -0.05) is 36.4 Å². The molecule has 1 aromatic carbocycles. The second kappa shape index (κ2) is 6.29. The van der Waals surface area contributed by atoms with E-state index in [9.17, 15) is 0 Å². The zero-order chi connectivity index (χ0) is 11.9. The summed E-state index contributed by atoms with van der Waals surface area (Å²) in [6.07, 6.45) is 13.5. The lowest BCUT2D eigenvalue weighted by molar-refractivity contribution is 0.332. The molecule has 0 unspecified atom stereocenters. The van der Waals surface area contributed by atoms with Crippen molar-refractivity contribution >= 4 is 0 Å². The monoisotopic (exact) mass is 226 g/mol. The van der Waals surface area contributed by atoms with Crippen molar-refractivity contribution < 1.29 is 4.74 Å². The van der Waals surface area contributed by atoms with Crippen LogP contribution in [0.15, 0.2) is 48.3 Å². The number of fused-ring (bicyclic) bond motifs is 1. The van der Waals surface area contributed by atoms with Gasteiger partial charge in [0.05, 0.1) is 13.4 Å². The number of allylic oxidation sites excluding steroid dienone is 3. The molecule has 1 heteroatoms. The minimum atomic E-state index is 0.925. The molecule has 1 aliphatic carbocycles. The minimum absolute atomic E-state index is 0.925. The Hall–Kier alpha value is -1.50. The van der Waals surface area contributed by atoms with Crippen molar-refractivity contribution in [3.8, 4) is 0 Å². The van der Waals surface area contributed by atoms with Crippen LogP contribution >= 0.6 is 0 Å². The van der Waals surface area contributed by atoms with Crippen LogP contribution in [0.5, 0.6) is 0 Å². The highest BCUT2D eigenvalue weighted by Gasteiger charge is 2.06. The van der Waals surface area contributed by atoms with E-state index in [0.717, 1.165) is 25.7 Å². The standard InChI is InChI=1S/C16H18O/c1-17-13-14-8-4-2-3-5-9-15-10-6-7-11-16(15)12-14/h2,4,6-7,10-11,13H,3,8-9,12H2,1H3/b4-2-,14-13?. The number of benzene rings is 1. The molecule has 88 valence electrons. The highest BCUT2D eigenvalue weighted by atomic mass is 16.5. The fourth-order valence-corrected chi connectivity index (χ4v) is 2.08. The van der Waals surface area contributed by atoms with Gasteiger partial charge in [-0.05, 0) is 48.8 Å². The lowest BCUT2D eigenvalue weighted by Crippen LogP contribution is -1.99. The van der Waals surface area contributed by atoms with Crippen LogP contribution in [-0.4, -0.2) is 7.11 Å². The molecule has 0 atom stereocenters. The third-order valence-electron chi connectivity index (χ3n) is 2.94. The van der Waals surface area contributed by atoms with Gasteiger partial charge in [-0.2, -0.15) is 0 Å². The number of hydrogen-bond donors (Lipinski definition) is 0. The lowest BCUT2D eigenvalue weighted by atomic mass is 9.94. The topological polar surface area (TPSA) is 9.23 Å². The van der Waals surface area contributed by atoms with Gasteiger partial charge in [0.15, 0.2) is 0 Å². The molecule has 0 saturated heterocycles. The van der Waals surface area contributed by atoms with Crippen molar-refractivity contribution in [1.29, 1.82) is 0 Å². The van der Waals surface area contributed by atoms with Crippen molar-refractivity contribution in [2.24, 2.45) is 0 Å². The Morgan fingerprint density at radius 2 is 2.00 bits per heavy atom. The quantitative estimate of drug-likeness (QED) is 0.523. The molecule has 1 aliphatic rings. The van der Waals surface area contributed by atoms with Crippen molar-refractivity contribution in [2.75, 3.05) is 7.11 Å². The fraction of sp³-hybridized carbons (Fsp3) is 0.312. The van der Waals surface area contributed by atoms with Gasteiger partial charge in [0.1, 0.15) is 0 Å². The van der Waals surface area contributed by atoms with E-state index in [1.165, 1.54) is 16.7 Å². The average molecular weight is 226 g/mol. The zero-order valence-corrected chi connectivity index (χ0v) is 10.3. The Bertz CT molecular complexity index is 415. The summed E-state index contributed by atoms with van der Waals surface area (Å²) < 4.78 is 5.15. The molecule has 0 spiro atoms. The maximum atomic E-state index is 5.15. The van der Waals surface area contributed by atoms with E-state index in [1.54, 1.807) is 7.11 Å². The first-order valence-electron chi connectivity index (χ1n) is 6.03. The van der Waals surface area contributed by atoms with Crippen LogP contribution in [0.1, 0.15) is 24.0 Å². The molecule has 0 N–H and O–H groups in total. The van der Waals surface area contributed by atoms with E-state index < -0.39 is 0 Å². The van der Waals surface area contributed by atoms with Gasteiger partial charge in [-0.3, -0.25) is 0 Å². The van der Waals surface area contributed by atoms with Crippen LogP contribution in [-0.2, 0) is 17.6 Å². The Morgan fingerprint density at radius 1 is 1.18 bits per heavy atom. The van der Waals surface area contributed by atoms with Crippen LogP contribution in [0.2, 0.25) is 0 Å². The normalized spacial score (nSPS) is 20.6. The summed E-state index contributed by atoms with van der Waals surface area (Å²) in [5.74, 6) is 0. The Labute approximate surface area is 104 Å². The highest BCUT2D eigenvalue weighted by molar-refractivity contribution is 5.32. The highest BCUT2D eigenvalue weighted by Crippen LogP contribution is 2.19. The van der Waals surface area contributed by atoms with E-state index in [2.05, 4.69) is 42.8 Å². The van der Waals surface area contributed by atoms with Crippen LogP contribution in [0.3, 0.4) is 0 Å². The van der Waals surface area contributed by atoms with Crippen molar-refractivity contribution in [3.63, 3.8) is 0 Å². The van der Waals surface area contributed by atoms with Crippen molar-refractivity contribution in [1.82, 2.24) is 0 Å². The van der Waals surface area contributed by atoms with Gasteiger partial charge in [0.2, 0.25) is 0 Å². The summed E-state index contributed by atoms with van der Waals surface area (Å²) >= 11 is 0. The second-order valence-electron chi connectivity index (χ2n) is 4.26. The number of hydrogen-bond acceptors (Lipinski definition) is 1. The van der Waals surface area contributed by atoms with E-state index in [1.807, 2.05) is 6.26 Å². The predicted octanol–water partition coefficient (Wildman–Crippen LogP) is 3.73. The van der Waals surface area contributed by atoms with Gasteiger partial charge in [-0.25, -0.2) is 0 Å². The zero-order valence-electron chi connectivity index (χ0n) is 10.3. The molecule has 2 rings (SSSR count). The smallest absolute Gasteiger partial charge is 0.0823 e. The summed E-state index contributed by atoms with van der Waals surface area (Å²) in [6.45, 7) is 0. The Kier molecular flexibility index (Phi) is 4.43. The third kappa shape index (κ3) is 3.48. The maximum absolute atomic E-state index is 5.15. The third-order valence-corrected chi connectivity index (χ3v) is 2.94. The van der Waals surface area contributed by atoms with Crippen LogP contribution in [0.25, 0.3) is 0 Å². The molecule has 0 aliphatic heterocycles. The van der Waals surface area contributed by atoms with E-state index in [4.69, 9.17) is 4.74 Å². The first kappa shape index (κ1) is 12.0. The summed E-state index contributed by atoms with van der Waals surface area (Å²) in [4.78, 5) is 0. The van der Waals surface area contributed by atoms with Gasteiger partial charge in [0, 0.05) is 0 Å². The van der Waals surface area contributed by atoms with Gasteiger partial charge < -0.3 is 4.74 Å². The molecule has 2 radical (unpaired) electrons. The van der Waals surface area contributed by atoms with Crippen molar-refractivity contribution in [2.45, 2.75) is 25.7 Å². The Balaban J connectivity index is 2.25. The predicted molar refractivity (Wildman–Crippen MR) is 70.6 cm³/mol. The molecule has 0 fully saturated rings. The number of ether oxygens (including phenoxy) is 1. The second-order valence-corrected chi connectivity index (χ2v) is 4.26. The number of methoxy groups -OCH3 is 1. The summed E-state index contributed by atoms with van der Waals surface area (Å²) in [5, 5.41) is 0. The van der Waals surface area contributed by atoms with Gasteiger partial charge >= 0.3 is 0 Å². The van der Waals surface area contributed by atoms with Crippen LogP contribution < -0.4 is 0 Å². The SMILES string of the molecule is COC=C1C/C=C\C[C]Cc2ccccc2C1. The molecular weight excluding hydrogens is 208 g/mol. The fourth-order valence-electron chi connectivity index (χ4n) is 2.08. The first-order chi connectivity index (χ1) is 8.40. The molecule has 0 bridgehead atoms. The maximum Gasteiger partial charge on any atom is 0.0823 e. The summed E-state index contributed by atoms with van der Waals surface area (Å²) in [5.41, 5.74) is 4.08. The number of rotatable bonds is 1. The molecular formula is C16H18O. The molecule has 0 amide bonds. The summed E-state index contributed by atoms with van der Waals surface area (Å²) in [7, 11) is 1.71. The van der Waals surface area contributed by atoms with Crippen LogP contribution in [0, 0.1) is 6.42 Å². The molecule has 0 aromatic heterocycles. The minimum Gasteiger partial charge on any atom is -0.504 e. The molecule has 1 nitrogen and oxygen atoms in total. The van der Waals surface area contributed by atoms with Crippen molar-refractivity contribution in [3.05, 3.63) is 65.8 Å². The average Bonchev–Trinajstić information content (AvgIpc) is 2.36. The van der Waals surface area contributed by atoms with Crippen LogP contribution in [0.4, 0.5) is 0 Å². The lowest BCUT2D eigenvalue weighted by Gasteiger charge is -2.12. The largest absolute Gasteiger partial charge is 0.504 e. The first-order valence-corrected chi connectivity index (χ1v) is 6.03. The molecule has 17 heavy (non-hydrogen) atoms. The van der Waals surface area contributed by atoms with Gasteiger partial charge in [0.25, 0.3) is 0 Å². The summed E-state index contributed by atoms with van der Waals surface area (Å²) in [6, 6.07) is 8.59. The van der Waals surface area contributed by atoms with Gasteiger partial charge in [-0.15, -0.1) is 0 Å². The molecule has 0 heterocycles. The van der Waals surface area contributed by atoms with E-state index >= 15 is 0 Å².